The van der Waals surface area contributed by atoms with Gasteiger partial charge >= 0.3 is 6.03 Å². The van der Waals surface area contributed by atoms with Crippen LogP contribution in [0.1, 0.15) is 48.8 Å². The van der Waals surface area contributed by atoms with E-state index in [1.807, 2.05) is 30.3 Å². The Morgan fingerprint density at radius 3 is 2.34 bits per heavy atom. The predicted molar refractivity (Wildman–Crippen MR) is 126 cm³/mol. The molecule has 6 heteroatoms. The molecule has 2 N–H and O–H groups in total. The SMILES string of the molecule is O=C(NCc1ccc(OC2CCCCC2)cc1)NCc1ccccc1CN1CCOCC1. The van der Waals surface area contributed by atoms with Gasteiger partial charge in [-0.15, -0.1) is 0 Å². The van der Waals surface area contributed by atoms with Gasteiger partial charge in [-0.3, -0.25) is 4.90 Å². The number of carbonyl (C=O) groups excluding carboxylic acids is 1. The summed E-state index contributed by atoms with van der Waals surface area (Å²) in [5, 5.41) is 5.95. The van der Waals surface area contributed by atoms with Crippen molar-refractivity contribution in [3.05, 3.63) is 65.2 Å². The number of urea groups is 1. The normalized spacial score (nSPS) is 17.6. The average Bonchev–Trinajstić information content (AvgIpc) is 2.84. The third-order valence-electron chi connectivity index (χ3n) is 6.29. The van der Waals surface area contributed by atoms with Gasteiger partial charge in [0.1, 0.15) is 5.75 Å². The second-order valence-electron chi connectivity index (χ2n) is 8.72. The summed E-state index contributed by atoms with van der Waals surface area (Å²) >= 11 is 0. The molecule has 2 aliphatic rings. The van der Waals surface area contributed by atoms with Crippen molar-refractivity contribution in [3.63, 3.8) is 0 Å². The van der Waals surface area contributed by atoms with Gasteiger partial charge in [0, 0.05) is 32.7 Å². The lowest BCUT2D eigenvalue weighted by atomic mass is 9.98. The number of carbonyl (C=O) groups is 1. The maximum absolute atomic E-state index is 12.3. The van der Waals surface area contributed by atoms with Gasteiger partial charge in [-0.05, 0) is 54.5 Å². The topological polar surface area (TPSA) is 62.8 Å². The van der Waals surface area contributed by atoms with Crippen LogP contribution in [0.15, 0.2) is 48.5 Å². The van der Waals surface area contributed by atoms with E-state index in [1.54, 1.807) is 0 Å². The lowest BCUT2D eigenvalue weighted by Gasteiger charge is -2.27. The van der Waals surface area contributed by atoms with Crippen LogP contribution >= 0.6 is 0 Å². The summed E-state index contributed by atoms with van der Waals surface area (Å²) in [5.41, 5.74) is 3.46. The lowest BCUT2D eigenvalue weighted by Crippen LogP contribution is -2.37. The Labute approximate surface area is 191 Å². The minimum Gasteiger partial charge on any atom is -0.490 e. The Morgan fingerprint density at radius 1 is 0.906 bits per heavy atom. The molecule has 4 rings (SSSR count). The number of nitrogens with zero attached hydrogens (tertiary/aromatic N) is 1. The number of nitrogens with one attached hydrogen (secondary N) is 2. The first-order valence-electron chi connectivity index (χ1n) is 11.9. The fourth-order valence-electron chi connectivity index (χ4n) is 4.37. The Morgan fingerprint density at radius 2 is 1.59 bits per heavy atom. The van der Waals surface area contributed by atoms with E-state index in [-0.39, 0.29) is 6.03 Å². The van der Waals surface area contributed by atoms with E-state index < -0.39 is 0 Å². The first-order chi connectivity index (χ1) is 15.8. The lowest BCUT2D eigenvalue weighted by molar-refractivity contribution is 0.0341. The smallest absolute Gasteiger partial charge is 0.315 e. The highest BCUT2D eigenvalue weighted by atomic mass is 16.5. The van der Waals surface area contributed by atoms with Crippen LogP contribution in [0, 0.1) is 0 Å². The highest BCUT2D eigenvalue weighted by Crippen LogP contribution is 2.23. The molecule has 1 saturated heterocycles. The van der Waals surface area contributed by atoms with Gasteiger partial charge in [0.15, 0.2) is 0 Å². The molecule has 172 valence electrons. The molecule has 0 spiro atoms. The summed E-state index contributed by atoms with van der Waals surface area (Å²) in [7, 11) is 0. The number of rotatable bonds is 8. The fraction of sp³-hybridized carbons (Fsp3) is 0.500. The standard InChI is InChI=1S/C26H35N3O3/c30-26(27-18-21-10-12-25(13-11-21)32-24-8-2-1-3-9-24)28-19-22-6-4-5-7-23(22)20-29-14-16-31-17-15-29/h4-7,10-13,24H,1-3,8-9,14-20H2,(H2,27,28,30). The summed E-state index contributed by atoms with van der Waals surface area (Å²) in [5.74, 6) is 0.918. The maximum Gasteiger partial charge on any atom is 0.315 e. The number of hydrogen-bond acceptors (Lipinski definition) is 4. The first kappa shape index (κ1) is 22.6. The summed E-state index contributed by atoms with van der Waals surface area (Å²) in [6.07, 6.45) is 6.51. The largest absolute Gasteiger partial charge is 0.490 e. The molecule has 0 radical (unpaired) electrons. The van der Waals surface area contributed by atoms with Crippen molar-refractivity contribution in [1.29, 1.82) is 0 Å². The molecule has 1 aliphatic heterocycles. The molecule has 0 aromatic heterocycles. The molecule has 6 nitrogen and oxygen atoms in total. The van der Waals surface area contributed by atoms with Crippen LogP contribution in [-0.4, -0.2) is 43.3 Å². The highest BCUT2D eigenvalue weighted by Gasteiger charge is 2.15. The predicted octanol–water partition coefficient (Wildman–Crippen LogP) is 4.23. The maximum atomic E-state index is 12.3. The Hall–Kier alpha value is -2.57. The second-order valence-corrected chi connectivity index (χ2v) is 8.72. The summed E-state index contributed by atoms with van der Waals surface area (Å²) in [6.45, 7) is 5.37. The summed E-state index contributed by atoms with van der Waals surface area (Å²) < 4.78 is 11.5. The molecular weight excluding hydrogens is 402 g/mol. The van der Waals surface area contributed by atoms with Crippen molar-refractivity contribution in [2.75, 3.05) is 26.3 Å². The van der Waals surface area contributed by atoms with Gasteiger partial charge in [0.2, 0.25) is 0 Å². The van der Waals surface area contributed by atoms with Crippen LogP contribution in [0.5, 0.6) is 5.75 Å². The molecule has 1 saturated carbocycles. The number of ether oxygens (including phenoxy) is 2. The molecule has 2 aromatic carbocycles. The fourth-order valence-corrected chi connectivity index (χ4v) is 4.37. The van der Waals surface area contributed by atoms with Crippen LogP contribution < -0.4 is 15.4 Å². The monoisotopic (exact) mass is 437 g/mol. The number of benzene rings is 2. The van der Waals surface area contributed by atoms with E-state index in [2.05, 4.69) is 33.7 Å². The average molecular weight is 438 g/mol. The van der Waals surface area contributed by atoms with Crippen LogP contribution in [0.25, 0.3) is 0 Å². The van der Waals surface area contributed by atoms with Crippen molar-refractivity contribution in [2.45, 2.75) is 57.8 Å². The van der Waals surface area contributed by atoms with Crippen LogP contribution in [-0.2, 0) is 24.4 Å². The highest BCUT2D eigenvalue weighted by molar-refractivity contribution is 5.73. The van der Waals surface area contributed by atoms with Crippen molar-refractivity contribution in [2.24, 2.45) is 0 Å². The van der Waals surface area contributed by atoms with E-state index in [4.69, 9.17) is 9.47 Å². The Bertz CT molecular complexity index is 844. The Balaban J connectivity index is 1.21. The minimum atomic E-state index is -0.159. The molecule has 0 atom stereocenters. The Kier molecular flexibility index (Phi) is 8.40. The molecule has 0 unspecified atom stereocenters. The molecule has 2 amide bonds. The third kappa shape index (κ3) is 6.97. The van der Waals surface area contributed by atoms with E-state index in [0.29, 0.717) is 19.2 Å². The molecule has 1 aliphatic carbocycles. The summed E-state index contributed by atoms with van der Waals surface area (Å²) in [4.78, 5) is 14.7. The zero-order chi connectivity index (χ0) is 22.0. The zero-order valence-electron chi connectivity index (χ0n) is 18.9. The quantitative estimate of drug-likeness (QED) is 0.649. The van der Waals surface area contributed by atoms with Gasteiger partial charge in [0.25, 0.3) is 0 Å². The molecule has 2 fully saturated rings. The molecule has 2 aromatic rings. The number of hydrogen-bond donors (Lipinski definition) is 2. The second kappa shape index (κ2) is 11.9. The van der Waals surface area contributed by atoms with Gasteiger partial charge in [-0.2, -0.15) is 0 Å². The van der Waals surface area contributed by atoms with Crippen LogP contribution in [0.2, 0.25) is 0 Å². The van der Waals surface area contributed by atoms with Gasteiger partial charge < -0.3 is 20.1 Å². The molecule has 1 heterocycles. The van der Waals surface area contributed by atoms with E-state index in [0.717, 1.165) is 62.6 Å². The van der Waals surface area contributed by atoms with Crippen molar-refractivity contribution < 1.29 is 14.3 Å². The van der Waals surface area contributed by atoms with Crippen LogP contribution in [0.3, 0.4) is 0 Å². The van der Waals surface area contributed by atoms with Crippen molar-refractivity contribution in [3.8, 4) is 5.75 Å². The first-order valence-corrected chi connectivity index (χ1v) is 11.9. The number of morpholine rings is 1. The van der Waals surface area contributed by atoms with E-state index >= 15 is 0 Å². The summed E-state index contributed by atoms with van der Waals surface area (Å²) in [6, 6.07) is 16.2. The zero-order valence-corrected chi connectivity index (χ0v) is 18.9. The van der Waals surface area contributed by atoms with Gasteiger partial charge in [-0.25, -0.2) is 4.79 Å². The molecule has 32 heavy (non-hydrogen) atoms. The van der Waals surface area contributed by atoms with Crippen molar-refractivity contribution >= 4 is 6.03 Å². The minimum absolute atomic E-state index is 0.159. The van der Waals surface area contributed by atoms with Gasteiger partial charge in [-0.1, -0.05) is 42.8 Å². The molecule has 0 bridgehead atoms. The van der Waals surface area contributed by atoms with E-state index in [9.17, 15) is 4.79 Å². The van der Waals surface area contributed by atoms with Crippen LogP contribution in [0.4, 0.5) is 4.79 Å². The van der Waals surface area contributed by atoms with Gasteiger partial charge in [0.05, 0.1) is 19.3 Å². The van der Waals surface area contributed by atoms with E-state index in [1.165, 1.54) is 24.8 Å². The van der Waals surface area contributed by atoms with Crippen molar-refractivity contribution in [1.82, 2.24) is 15.5 Å². The molecular formula is C26H35N3O3. The third-order valence-corrected chi connectivity index (χ3v) is 6.29. The number of amides is 2.